The lowest BCUT2D eigenvalue weighted by molar-refractivity contribution is -0.144. The number of hydrogen-bond acceptors (Lipinski definition) is 6. The zero-order valence-electron chi connectivity index (χ0n) is 15.9. The predicted molar refractivity (Wildman–Crippen MR) is 112 cm³/mol. The van der Waals surface area contributed by atoms with Crippen LogP contribution in [0.4, 0.5) is 5.69 Å². The lowest BCUT2D eigenvalue weighted by Crippen LogP contribution is -2.28. The summed E-state index contributed by atoms with van der Waals surface area (Å²) >= 11 is 1.26. The first-order valence-corrected chi connectivity index (χ1v) is 9.77. The minimum atomic E-state index is -1.04. The van der Waals surface area contributed by atoms with Crippen molar-refractivity contribution in [2.45, 2.75) is 20.0 Å². The number of thioether (sulfide) groups is 1. The summed E-state index contributed by atoms with van der Waals surface area (Å²) in [5, 5.41) is 19.1. The Labute approximate surface area is 172 Å². The summed E-state index contributed by atoms with van der Waals surface area (Å²) in [4.78, 5) is 30.2. The van der Waals surface area contributed by atoms with Gasteiger partial charge in [0.1, 0.15) is 11.5 Å². The summed E-state index contributed by atoms with van der Waals surface area (Å²) in [6.45, 7) is 3.80. The third kappa shape index (κ3) is 4.97. The number of amidine groups is 1. The number of phenols is 1. The van der Waals surface area contributed by atoms with E-state index >= 15 is 0 Å². The van der Waals surface area contributed by atoms with Gasteiger partial charge in [-0.05, 0) is 61.5 Å². The summed E-state index contributed by atoms with van der Waals surface area (Å²) < 4.78 is 5.31. The van der Waals surface area contributed by atoms with Crippen molar-refractivity contribution in [2.24, 2.45) is 4.99 Å². The van der Waals surface area contributed by atoms with Crippen molar-refractivity contribution >= 4 is 40.6 Å². The molecule has 1 unspecified atom stereocenters. The fourth-order valence-corrected chi connectivity index (χ4v) is 3.65. The minimum Gasteiger partial charge on any atom is -0.508 e. The van der Waals surface area contributed by atoms with Gasteiger partial charge in [0, 0.05) is 12.6 Å². The van der Waals surface area contributed by atoms with E-state index in [0.717, 1.165) is 5.56 Å². The van der Waals surface area contributed by atoms with E-state index in [1.54, 1.807) is 53.4 Å². The second-order valence-corrected chi connectivity index (χ2v) is 7.25. The first-order chi connectivity index (χ1) is 13.9. The van der Waals surface area contributed by atoms with E-state index in [4.69, 9.17) is 9.84 Å². The van der Waals surface area contributed by atoms with Crippen LogP contribution in [-0.2, 0) is 9.59 Å². The highest BCUT2D eigenvalue weighted by Crippen LogP contribution is 2.34. The Morgan fingerprint density at radius 3 is 2.62 bits per heavy atom. The van der Waals surface area contributed by atoms with Crippen LogP contribution in [0.3, 0.4) is 0 Å². The molecule has 1 saturated heterocycles. The smallest absolute Gasteiger partial charge is 0.344 e. The second kappa shape index (κ2) is 8.83. The Bertz CT molecular complexity index is 985. The molecular weight excluding hydrogens is 392 g/mol. The van der Waals surface area contributed by atoms with Gasteiger partial charge in [-0.2, -0.15) is 0 Å². The molecule has 2 aromatic carbocycles. The van der Waals surface area contributed by atoms with Gasteiger partial charge in [0.15, 0.2) is 11.3 Å². The van der Waals surface area contributed by atoms with E-state index in [0.29, 0.717) is 28.1 Å². The van der Waals surface area contributed by atoms with E-state index in [1.807, 2.05) is 6.92 Å². The van der Waals surface area contributed by atoms with Gasteiger partial charge in [-0.25, -0.2) is 9.79 Å². The molecule has 29 heavy (non-hydrogen) atoms. The Morgan fingerprint density at radius 2 is 2.00 bits per heavy atom. The number of hydrogen-bond donors (Lipinski definition) is 2. The molecule has 0 aromatic heterocycles. The number of aliphatic carboxylic acids is 1. The van der Waals surface area contributed by atoms with Crippen LogP contribution in [0.5, 0.6) is 11.5 Å². The maximum atomic E-state index is 12.7. The number of aromatic hydroxyl groups is 1. The highest BCUT2D eigenvalue weighted by atomic mass is 32.2. The Morgan fingerprint density at radius 1 is 1.28 bits per heavy atom. The number of nitrogens with zero attached hydrogens (tertiary/aromatic N) is 2. The number of phenolic OH excluding ortho intramolecular Hbond substituents is 1. The molecule has 1 aliphatic heterocycles. The van der Waals surface area contributed by atoms with Gasteiger partial charge < -0.3 is 14.9 Å². The zero-order chi connectivity index (χ0) is 21.0. The van der Waals surface area contributed by atoms with E-state index in [1.165, 1.54) is 24.8 Å². The standard InChI is InChI=1S/C21H20N2O5S/c1-3-23-19(25)18(29-21(23)22-15-5-4-6-16(24)12-15)11-14-7-9-17(10-8-14)28-13(2)20(26)27/h4-13,24H,3H2,1-2H3,(H,26,27)/b18-11-,22-21?. The lowest BCUT2D eigenvalue weighted by Gasteiger charge is -2.12. The van der Waals surface area contributed by atoms with Crippen molar-refractivity contribution in [3.05, 3.63) is 59.0 Å². The van der Waals surface area contributed by atoms with Gasteiger partial charge in [-0.1, -0.05) is 18.2 Å². The molecule has 0 bridgehead atoms. The van der Waals surface area contributed by atoms with Crippen molar-refractivity contribution < 1.29 is 24.5 Å². The van der Waals surface area contributed by atoms with Crippen molar-refractivity contribution in [1.29, 1.82) is 0 Å². The summed E-state index contributed by atoms with van der Waals surface area (Å²) in [5.41, 5.74) is 1.35. The fraction of sp³-hybridized carbons (Fsp3) is 0.190. The summed E-state index contributed by atoms with van der Waals surface area (Å²) in [5.74, 6) is -0.633. The van der Waals surface area contributed by atoms with E-state index in [-0.39, 0.29) is 11.7 Å². The highest BCUT2D eigenvalue weighted by molar-refractivity contribution is 8.18. The van der Waals surface area contributed by atoms with Crippen LogP contribution in [0.1, 0.15) is 19.4 Å². The number of carbonyl (C=O) groups is 2. The maximum absolute atomic E-state index is 12.7. The van der Waals surface area contributed by atoms with Crippen LogP contribution in [0.25, 0.3) is 6.08 Å². The molecule has 3 rings (SSSR count). The van der Waals surface area contributed by atoms with Crippen molar-refractivity contribution in [2.75, 3.05) is 6.54 Å². The molecule has 1 heterocycles. The monoisotopic (exact) mass is 412 g/mol. The first kappa shape index (κ1) is 20.5. The molecule has 2 aromatic rings. The van der Waals surface area contributed by atoms with Crippen LogP contribution in [-0.4, -0.2) is 44.8 Å². The molecule has 8 heteroatoms. The summed E-state index contributed by atoms with van der Waals surface area (Å²) in [7, 11) is 0. The molecule has 1 amide bonds. The SMILES string of the molecule is CCN1C(=O)/C(=C/c2ccc(OC(C)C(=O)O)cc2)SC1=Nc1cccc(O)c1. The number of ether oxygens (including phenoxy) is 1. The molecule has 0 spiro atoms. The Kier molecular flexibility index (Phi) is 6.23. The number of rotatable bonds is 6. The fourth-order valence-electron chi connectivity index (χ4n) is 2.59. The second-order valence-electron chi connectivity index (χ2n) is 6.24. The molecule has 1 atom stereocenters. The van der Waals surface area contributed by atoms with Gasteiger partial charge >= 0.3 is 5.97 Å². The molecule has 1 fully saturated rings. The molecule has 2 N–H and O–H groups in total. The Balaban J connectivity index is 1.81. The molecular formula is C21H20N2O5S. The van der Waals surface area contributed by atoms with Gasteiger partial charge in [0.2, 0.25) is 0 Å². The van der Waals surface area contributed by atoms with Crippen LogP contribution in [0.15, 0.2) is 58.4 Å². The van der Waals surface area contributed by atoms with Crippen LogP contribution >= 0.6 is 11.8 Å². The van der Waals surface area contributed by atoms with E-state index in [2.05, 4.69) is 4.99 Å². The number of amides is 1. The number of benzene rings is 2. The van der Waals surface area contributed by atoms with E-state index in [9.17, 15) is 14.7 Å². The molecule has 1 aliphatic rings. The van der Waals surface area contributed by atoms with Crippen LogP contribution in [0.2, 0.25) is 0 Å². The molecule has 0 saturated carbocycles. The van der Waals surface area contributed by atoms with E-state index < -0.39 is 12.1 Å². The quantitative estimate of drug-likeness (QED) is 0.699. The topological polar surface area (TPSA) is 99.4 Å². The number of likely N-dealkylation sites (N-methyl/N-ethyl adjacent to an activating group) is 1. The summed E-state index contributed by atoms with van der Waals surface area (Å²) in [6.07, 6.45) is 0.811. The van der Waals surface area contributed by atoms with Crippen molar-refractivity contribution in [3.63, 3.8) is 0 Å². The van der Waals surface area contributed by atoms with Crippen molar-refractivity contribution in [3.8, 4) is 11.5 Å². The Hall–Kier alpha value is -3.26. The van der Waals surface area contributed by atoms with Crippen LogP contribution in [0, 0.1) is 0 Å². The zero-order valence-corrected chi connectivity index (χ0v) is 16.7. The lowest BCUT2D eigenvalue weighted by atomic mass is 10.2. The van der Waals surface area contributed by atoms with Crippen molar-refractivity contribution in [1.82, 2.24) is 4.90 Å². The molecule has 150 valence electrons. The summed E-state index contributed by atoms with van der Waals surface area (Å²) in [6, 6.07) is 13.4. The van der Waals surface area contributed by atoms with Crippen LogP contribution < -0.4 is 4.74 Å². The predicted octanol–water partition coefficient (Wildman–Crippen LogP) is 3.87. The number of carboxylic acid groups (broad SMARTS) is 1. The molecule has 7 nitrogen and oxygen atoms in total. The number of carboxylic acids is 1. The van der Waals surface area contributed by atoms with Gasteiger partial charge in [0.05, 0.1) is 10.6 Å². The molecule has 0 aliphatic carbocycles. The third-order valence-electron chi connectivity index (χ3n) is 4.10. The average Bonchev–Trinajstić information content (AvgIpc) is 2.97. The van der Waals surface area contributed by atoms with Gasteiger partial charge in [0.25, 0.3) is 5.91 Å². The number of carbonyl (C=O) groups excluding carboxylic acids is 1. The maximum Gasteiger partial charge on any atom is 0.344 e. The molecule has 0 radical (unpaired) electrons. The average molecular weight is 412 g/mol. The van der Waals surface area contributed by atoms with Gasteiger partial charge in [-0.3, -0.25) is 9.69 Å². The highest BCUT2D eigenvalue weighted by Gasteiger charge is 2.32. The minimum absolute atomic E-state index is 0.111. The largest absolute Gasteiger partial charge is 0.508 e. The first-order valence-electron chi connectivity index (χ1n) is 8.96. The van der Waals surface area contributed by atoms with Gasteiger partial charge in [-0.15, -0.1) is 0 Å². The number of aliphatic imine (C=N–C) groups is 1. The normalized spacial score (nSPS) is 17.7. The third-order valence-corrected chi connectivity index (χ3v) is 5.10.